The molecule has 0 saturated carbocycles. The van der Waals surface area contributed by atoms with Crippen molar-refractivity contribution < 1.29 is 44.1 Å². The maximum absolute atomic E-state index is 10.9. The van der Waals surface area contributed by atoms with Gasteiger partial charge in [0, 0.05) is 5.41 Å². The zero-order valence-corrected chi connectivity index (χ0v) is 27.9. The van der Waals surface area contributed by atoms with Crippen LogP contribution in [0.1, 0.15) is 77.1 Å². The Morgan fingerprint density at radius 3 is 1.82 bits per heavy atom. The minimum Gasteiger partial charge on any atom is -0.508 e. The Balaban J connectivity index is 1.29. The number of aryl methyl sites for hydroxylation is 2. The summed E-state index contributed by atoms with van der Waals surface area (Å²) in [6, 6.07) is 21.9. The lowest BCUT2D eigenvalue weighted by Crippen LogP contribution is -2.42. The van der Waals surface area contributed by atoms with Gasteiger partial charge in [-0.2, -0.15) is 0 Å². The number of ether oxygens (including phenoxy) is 5. The number of phenols is 4. The summed E-state index contributed by atoms with van der Waals surface area (Å²) in [5, 5.41) is 42.1. The van der Waals surface area contributed by atoms with E-state index in [-0.39, 0.29) is 29.1 Å². The second-order valence-corrected chi connectivity index (χ2v) is 13.8. The average Bonchev–Trinajstić information content (AvgIpc) is 3.76. The molecule has 9 nitrogen and oxygen atoms in total. The summed E-state index contributed by atoms with van der Waals surface area (Å²) in [5.74, 6) is 1.27. The van der Waals surface area contributed by atoms with Gasteiger partial charge >= 0.3 is 0 Å². The van der Waals surface area contributed by atoms with E-state index in [1.54, 1.807) is 30.3 Å². The second kappa shape index (κ2) is 11.4. The number of hydrogen-bond acceptors (Lipinski definition) is 9. The first kappa shape index (κ1) is 31.6. The molecule has 0 radical (unpaired) electrons. The van der Waals surface area contributed by atoms with Crippen molar-refractivity contribution in [2.75, 3.05) is 20.8 Å². The van der Waals surface area contributed by atoms with Gasteiger partial charge in [0.1, 0.15) is 35.4 Å². The molecule has 3 aliphatic heterocycles. The van der Waals surface area contributed by atoms with Crippen LogP contribution in [0.25, 0.3) is 0 Å². The van der Waals surface area contributed by atoms with E-state index >= 15 is 0 Å². The topological polar surface area (TPSA) is 130 Å². The Labute approximate surface area is 284 Å². The molecule has 9 heteroatoms. The van der Waals surface area contributed by atoms with Crippen LogP contribution in [0.4, 0.5) is 0 Å². The van der Waals surface area contributed by atoms with E-state index in [1.807, 2.05) is 56.3 Å². The van der Waals surface area contributed by atoms with Crippen LogP contribution in [0.5, 0.6) is 34.5 Å². The lowest BCUT2D eigenvalue weighted by Gasteiger charge is -2.42. The Morgan fingerprint density at radius 2 is 1.18 bits per heavy atom. The molecule has 2 spiro atoms. The lowest BCUT2D eigenvalue weighted by atomic mass is 9.59. The number of phenolic OH excluding ortho intramolecular Hbond substituents is 4. The van der Waals surface area contributed by atoms with E-state index in [9.17, 15) is 20.4 Å². The molecular formula is C40H40O9. The molecule has 6 atom stereocenters. The van der Waals surface area contributed by atoms with Gasteiger partial charge in [0.25, 0.3) is 0 Å². The van der Waals surface area contributed by atoms with Gasteiger partial charge in [-0.3, -0.25) is 0 Å². The monoisotopic (exact) mass is 664 g/mol. The molecule has 254 valence electrons. The van der Waals surface area contributed by atoms with E-state index in [2.05, 4.69) is 0 Å². The van der Waals surface area contributed by atoms with Gasteiger partial charge in [0.15, 0.2) is 23.0 Å². The highest BCUT2D eigenvalue weighted by Gasteiger charge is 2.75. The van der Waals surface area contributed by atoms with Crippen LogP contribution in [-0.2, 0) is 14.2 Å². The van der Waals surface area contributed by atoms with Gasteiger partial charge in [-0.1, -0.05) is 24.3 Å². The zero-order chi connectivity index (χ0) is 34.2. The molecular weight excluding hydrogens is 624 g/mol. The Hall–Kier alpha value is -4.70. The average molecular weight is 665 g/mol. The molecule has 49 heavy (non-hydrogen) atoms. The highest BCUT2D eigenvalue weighted by molar-refractivity contribution is 5.51. The summed E-state index contributed by atoms with van der Waals surface area (Å²) in [7, 11) is 3.05. The SMILES string of the molecule is COc1ccc([C@@H]2O[C@H](c3ccc(O)c(C)c3)[C@]3(CO3)[C@]23CCC2=C(C3)[C@@H](c3ccc(O)c(OC)c3)O[C@H]2c2ccc(O)c(C)c2)cc1O. The van der Waals surface area contributed by atoms with Crippen LogP contribution >= 0.6 is 0 Å². The van der Waals surface area contributed by atoms with Crippen LogP contribution in [0.2, 0.25) is 0 Å². The zero-order valence-electron chi connectivity index (χ0n) is 27.9. The van der Waals surface area contributed by atoms with Gasteiger partial charge in [0.05, 0.1) is 26.9 Å². The first-order valence-corrected chi connectivity index (χ1v) is 16.6. The minimum absolute atomic E-state index is 0.0326. The summed E-state index contributed by atoms with van der Waals surface area (Å²) in [4.78, 5) is 0. The number of aromatic hydroxyl groups is 4. The summed E-state index contributed by atoms with van der Waals surface area (Å²) < 4.78 is 31.5. The molecule has 2 fully saturated rings. The third-order valence-corrected chi connectivity index (χ3v) is 11.2. The minimum atomic E-state index is -0.667. The number of hydrogen-bond donors (Lipinski definition) is 4. The second-order valence-electron chi connectivity index (χ2n) is 13.8. The van der Waals surface area contributed by atoms with Crippen LogP contribution in [0, 0.1) is 19.3 Å². The van der Waals surface area contributed by atoms with E-state index in [0.29, 0.717) is 30.9 Å². The van der Waals surface area contributed by atoms with Gasteiger partial charge in [-0.15, -0.1) is 0 Å². The fraction of sp³-hybridized carbons (Fsp3) is 0.350. The number of methoxy groups -OCH3 is 2. The molecule has 1 aliphatic carbocycles. The van der Waals surface area contributed by atoms with Crippen molar-refractivity contribution >= 4 is 0 Å². The van der Waals surface area contributed by atoms with Crippen LogP contribution in [-0.4, -0.2) is 46.9 Å². The molecule has 4 N–H and O–H groups in total. The van der Waals surface area contributed by atoms with Crippen LogP contribution in [0.15, 0.2) is 83.9 Å². The van der Waals surface area contributed by atoms with Crippen LogP contribution in [0.3, 0.4) is 0 Å². The smallest absolute Gasteiger partial charge is 0.160 e. The van der Waals surface area contributed by atoms with E-state index < -0.39 is 29.3 Å². The Kier molecular flexibility index (Phi) is 7.37. The molecule has 4 aromatic rings. The van der Waals surface area contributed by atoms with Crippen molar-refractivity contribution in [2.24, 2.45) is 5.41 Å². The molecule has 8 rings (SSSR count). The number of fused-ring (bicyclic) bond motifs is 1. The third kappa shape index (κ3) is 4.78. The molecule has 0 aromatic heterocycles. The van der Waals surface area contributed by atoms with Gasteiger partial charge < -0.3 is 44.1 Å². The normalized spacial score (nSPS) is 28.7. The van der Waals surface area contributed by atoms with E-state index in [4.69, 9.17) is 23.7 Å². The summed E-state index contributed by atoms with van der Waals surface area (Å²) in [6.07, 6.45) is 0.373. The van der Waals surface area contributed by atoms with Crippen LogP contribution < -0.4 is 9.47 Å². The fourth-order valence-electron chi connectivity index (χ4n) is 8.60. The quantitative estimate of drug-likeness (QED) is 0.121. The van der Waals surface area contributed by atoms with Crippen molar-refractivity contribution in [3.8, 4) is 34.5 Å². The molecule has 2 saturated heterocycles. The summed E-state index contributed by atoms with van der Waals surface area (Å²) >= 11 is 0. The third-order valence-electron chi connectivity index (χ3n) is 11.2. The Bertz CT molecular complexity index is 2000. The van der Waals surface area contributed by atoms with Crippen molar-refractivity contribution in [3.05, 3.63) is 117 Å². The molecule has 0 amide bonds. The lowest BCUT2D eigenvalue weighted by molar-refractivity contribution is 0.00315. The highest BCUT2D eigenvalue weighted by Crippen LogP contribution is 2.73. The number of rotatable bonds is 6. The number of epoxide rings is 1. The van der Waals surface area contributed by atoms with Gasteiger partial charge in [-0.05, 0) is 126 Å². The summed E-state index contributed by atoms with van der Waals surface area (Å²) in [6.45, 7) is 4.25. The number of benzene rings is 4. The Morgan fingerprint density at radius 1 is 0.612 bits per heavy atom. The largest absolute Gasteiger partial charge is 0.508 e. The maximum atomic E-state index is 10.9. The van der Waals surface area contributed by atoms with Crippen molar-refractivity contribution in [1.82, 2.24) is 0 Å². The molecule has 4 aliphatic rings. The first-order valence-electron chi connectivity index (χ1n) is 16.6. The van der Waals surface area contributed by atoms with Crippen molar-refractivity contribution in [1.29, 1.82) is 0 Å². The fourth-order valence-corrected chi connectivity index (χ4v) is 8.60. The van der Waals surface area contributed by atoms with E-state index in [0.717, 1.165) is 45.4 Å². The molecule has 0 unspecified atom stereocenters. The van der Waals surface area contributed by atoms with Gasteiger partial charge in [-0.25, -0.2) is 0 Å². The molecule has 3 heterocycles. The van der Waals surface area contributed by atoms with Gasteiger partial charge in [0.2, 0.25) is 0 Å². The molecule has 0 bridgehead atoms. The van der Waals surface area contributed by atoms with Crippen molar-refractivity contribution in [2.45, 2.75) is 63.1 Å². The predicted molar refractivity (Wildman–Crippen MR) is 180 cm³/mol. The maximum Gasteiger partial charge on any atom is 0.160 e. The highest BCUT2D eigenvalue weighted by atomic mass is 16.6. The molecule has 4 aromatic carbocycles. The summed E-state index contributed by atoms with van der Waals surface area (Å²) in [5.41, 5.74) is 6.17. The standard InChI is InChI=1S/C40H40O9/c1-21-15-23(5-9-29(21)41)35-27-13-14-39(19-28(27)36(48-35)24-6-11-31(43)34(18-24)46-4)37(26-8-12-33(45-3)32(44)17-26)49-38(40(39)20-47-40)25-7-10-30(42)22(2)16-25/h5-12,15-18,35-38,41-44H,13-14,19-20H2,1-4H3/t35-,36+,37-,38+,39-,40+/m0/s1. The predicted octanol–water partition coefficient (Wildman–Crippen LogP) is 7.70. The first-order chi connectivity index (χ1) is 23.6. The van der Waals surface area contributed by atoms with E-state index in [1.165, 1.54) is 19.8 Å². The van der Waals surface area contributed by atoms with Crippen molar-refractivity contribution in [3.63, 3.8) is 0 Å².